The summed E-state index contributed by atoms with van der Waals surface area (Å²) >= 11 is 15.5. The number of rotatable bonds is 2. The monoisotopic (exact) mass is 557 g/mol. The highest BCUT2D eigenvalue weighted by atomic mass is 127. The highest BCUT2D eigenvalue weighted by molar-refractivity contribution is 14.1. The molecule has 0 saturated heterocycles. The molecule has 0 aliphatic rings. The van der Waals surface area contributed by atoms with Crippen LogP contribution in [0.4, 0.5) is 5.82 Å². The van der Waals surface area contributed by atoms with Crippen molar-refractivity contribution in [3.05, 3.63) is 53.8 Å². The molecule has 0 aliphatic carbocycles. The average Bonchev–Trinajstić information content (AvgIpc) is 2.44. The van der Waals surface area contributed by atoms with Gasteiger partial charge >= 0.3 is 0 Å². The molecular formula is C14H10ClI2N3OS. The number of benzene rings is 1. The first-order valence-corrected chi connectivity index (χ1v) is 9.00. The van der Waals surface area contributed by atoms with E-state index < -0.39 is 0 Å². The predicted molar refractivity (Wildman–Crippen MR) is 110 cm³/mol. The van der Waals surface area contributed by atoms with Crippen LogP contribution >= 0.6 is 69.0 Å². The van der Waals surface area contributed by atoms with Gasteiger partial charge in [0.1, 0.15) is 5.82 Å². The van der Waals surface area contributed by atoms with Crippen molar-refractivity contribution < 1.29 is 4.79 Å². The minimum Gasteiger partial charge on any atom is -0.317 e. The molecule has 1 heterocycles. The van der Waals surface area contributed by atoms with E-state index in [9.17, 15) is 4.79 Å². The summed E-state index contributed by atoms with van der Waals surface area (Å²) in [5.41, 5.74) is 1.32. The maximum atomic E-state index is 12.2. The number of pyridine rings is 1. The number of amides is 1. The van der Waals surface area contributed by atoms with Gasteiger partial charge in [0.25, 0.3) is 5.91 Å². The Morgan fingerprint density at radius 1 is 1.27 bits per heavy atom. The van der Waals surface area contributed by atoms with Gasteiger partial charge in [0.2, 0.25) is 0 Å². The van der Waals surface area contributed by atoms with Gasteiger partial charge in [0, 0.05) is 13.3 Å². The Morgan fingerprint density at radius 3 is 2.68 bits per heavy atom. The third kappa shape index (κ3) is 4.74. The second-order valence-corrected chi connectivity index (χ2v) is 7.66. The molecule has 0 atom stereocenters. The van der Waals surface area contributed by atoms with Crippen LogP contribution in [-0.4, -0.2) is 16.0 Å². The summed E-state index contributed by atoms with van der Waals surface area (Å²) in [5.74, 6) is 0.253. The van der Waals surface area contributed by atoms with E-state index >= 15 is 0 Å². The zero-order valence-electron chi connectivity index (χ0n) is 11.3. The lowest BCUT2D eigenvalue weighted by Crippen LogP contribution is -2.34. The summed E-state index contributed by atoms with van der Waals surface area (Å²) in [6.45, 7) is 1.92. The standard InChI is InChI=1S/C14H10ClI2N3OS/c1-7-4-9(17)6-18-12(7)19-14(22)20-13(21)10-5-8(16)2-3-11(10)15/h2-6H,1H3,(H2,18,19,20,21,22). The lowest BCUT2D eigenvalue weighted by molar-refractivity contribution is 0.0978. The first-order valence-electron chi connectivity index (χ1n) is 6.06. The van der Waals surface area contributed by atoms with Gasteiger partial charge in [-0.3, -0.25) is 10.1 Å². The molecule has 8 heteroatoms. The maximum absolute atomic E-state index is 12.2. The van der Waals surface area contributed by atoms with Gasteiger partial charge in [-0.1, -0.05) is 11.6 Å². The van der Waals surface area contributed by atoms with E-state index in [1.165, 1.54) is 0 Å². The van der Waals surface area contributed by atoms with Crippen molar-refractivity contribution in [2.75, 3.05) is 5.32 Å². The van der Waals surface area contributed by atoms with Crippen LogP contribution in [-0.2, 0) is 0 Å². The number of carbonyl (C=O) groups is 1. The average molecular weight is 558 g/mol. The van der Waals surface area contributed by atoms with Gasteiger partial charge in [-0.05, 0) is 94.2 Å². The van der Waals surface area contributed by atoms with Crippen LogP contribution in [0.1, 0.15) is 15.9 Å². The van der Waals surface area contributed by atoms with E-state index in [0.717, 1.165) is 12.7 Å². The lowest BCUT2D eigenvalue weighted by atomic mass is 10.2. The number of carbonyl (C=O) groups excluding carboxylic acids is 1. The van der Waals surface area contributed by atoms with Crippen molar-refractivity contribution in [1.82, 2.24) is 10.3 Å². The Hall–Kier alpha value is -0.520. The normalized spacial score (nSPS) is 10.2. The van der Waals surface area contributed by atoms with Crippen molar-refractivity contribution >= 4 is 85.8 Å². The van der Waals surface area contributed by atoms with E-state index in [-0.39, 0.29) is 11.0 Å². The molecule has 2 aromatic rings. The van der Waals surface area contributed by atoms with Crippen molar-refractivity contribution in [3.63, 3.8) is 0 Å². The second-order valence-electron chi connectivity index (χ2n) is 4.35. The molecule has 0 aliphatic heterocycles. The first-order chi connectivity index (χ1) is 10.4. The highest BCUT2D eigenvalue weighted by Gasteiger charge is 2.13. The zero-order valence-corrected chi connectivity index (χ0v) is 17.2. The van der Waals surface area contributed by atoms with Crippen molar-refractivity contribution in [2.45, 2.75) is 6.92 Å². The molecule has 2 N–H and O–H groups in total. The van der Waals surface area contributed by atoms with Crippen molar-refractivity contribution in [3.8, 4) is 0 Å². The number of hydrogen-bond donors (Lipinski definition) is 2. The van der Waals surface area contributed by atoms with E-state index in [2.05, 4.69) is 60.8 Å². The van der Waals surface area contributed by atoms with Gasteiger partial charge in [0.15, 0.2) is 5.11 Å². The molecule has 1 aromatic heterocycles. The van der Waals surface area contributed by atoms with Crippen molar-refractivity contribution in [1.29, 1.82) is 0 Å². The molecule has 114 valence electrons. The summed E-state index contributed by atoms with van der Waals surface area (Å²) in [7, 11) is 0. The van der Waals surface area contributed by atoms with Crippen LogP contribution in [0.25, 0.3) is 0 Å². The SMILES string of the molecule is Cc1cc(I)cnc1NC(=S)NC(=O)c1cc(I)ccc1Cl. The van der Waals surface area contributed by atoms with Gasteiger partial charge in [0.05, 0.1) is 10.6 Å². The summed E-state index contributed by atoms with van der Waals surface area (Å²) < 4.78 is 1.95. The van der Waals surface area contributed by atoms with Crippen LogP contribution in [0.15, 0.2) is 30.5 Å². The minimum absolute atomic E-state index is 0.178. The fourth-order valence-electron chi connectivity index (χ4n) is 1.65. The third-order valence-corrected chi connectivity index (χ3v) is 4.47. The number of aromatic nitrogens is 1. The Balaban J connectivity index is 2.08. The summed E-state index contributed by atoms with van der Waals surface area (Å²) in [6.07, 6.45) is 1.72. The van der Waals surface area contributed by atoms with Crippen LogP contribution in [0.3, 0.4) is 0 Å². The molecule has 0 saturated carbocycles. The largest absolute Gasteiger partial charge is 0.317 e. The lowest BCUT2D eigenvalue weighted by Gasteiger charge is -2.11. The summed E-state index contributed by atoms with van der Waals surface area (Å²) in [5, 5.41) is 6.08. The number of nitrogens with one attached hydrogen (secondary N) is 2. The number of halogens is 3. The van der Waals surface area contributed by atoms with Crippen LogP contribution in [0.5, 0.6) is 0 Å². The number of aryl methyl sites for hydroxylation is 1. The molecule has 4 nitrogen and oxygen atoms in total. The smallest absolute Gasteiger partial charge is 0.258 e. The first kappa shape index (κ1) is 17.8. The molecule has 2 rings (SSSR count). The number of hydrogen-bond acceptors (Lipinski definition) is 3. The van der Waals surface area contributed by atoms with Crippen LogP contribution < -0.4 is 10.6 Å². The minimum atomic E-state index is -0.357. The molecule has 0 unspecified atom stereocenters. The van der Waals surface area contributed by atoms with Gasteiger partial charge in [-0.25, -0.2) is 4.98 Å². The Kier molecular flexibility index (Phi) is 6.36. The molecule has 1 amide bonds. The van der Waals surface area contributed by atoms with Crippen LogP contribution in [0, 0.1) is 14.1 Å². The Labute approximate surface area is 165 Å². The molecule has 22 heavy (non-hydrogen) atoms. The van der Waals surface area contributed by atoms with E-state index in [1.807, 2.05) is 19.1 Å². The van der Waals surface area contributed by atoms with E-state index in [1.54, 1.807) is 18.3 Å². The van der Waals surface area contributed by atoms with Gasteiger partial charge < -0.3 is 5.32 Å². The maximum Gasteiger partial charge on any atom is 0.258 e. The predicted octanol–water partition coefficient (Wildman–Crippen LogP) is 4.38. The zero-order chi connectivity index (χ0) is 16.3. The van der Waals surface area contributed by atoms with Crippen molar-refractivity contribution in [2.24, 2.45) is 0 Å². The fourth-order valence-corrected chi connectivity index (χ4v) is 3.14. The Bertz CT molecular complexity index is 755. The molecule has 1 aromatic carbocycles. The molecule has 0 bridgehead atoms. The molecular weight excluding hydrogens is 548 g/mol. The summed E-state index contributed by atoms with van der Waals surface area (Å²) in [6, 6.07) is 7.18. The highest BCUT2D eigenvalue weighted by Crippen LogP contribution is 2.19. The number of thiocarbonyl (C=S) groups is 1. The van der Waals surface area contributed by atoms with Crippen LogP contribution in [0.2, 0.25) is 5.02 Å². The fraction of sp³-hybridized carbons (Fsp3) is 0.0714. The van der Waals surface area contributed by atoms with E-state index in [0.29, 0.717) is 16.4 Å². The Morgan fingerprint density at radius 2 is 2.00 bits per heavy atom. The number of anilines is 1. The van der Waals surface area contributed by atoms with Gasteiger partial charge in [-0.15, -0.1) is 0 Å². The number of nitrogens with zero attached hydrogens (tertiary/aromatic N) is 1. The molecule has 0 radical (unpaired) electrons. The van der Waals surface area contributed by atoms with E-state index in [4.69, 9.17) is 23.8 Å². The molecule has 0 fully saturated rings. The van der Waals surface area contributed by atoms with Gasteiger partial charge in [-0.2, -0.15) is 0 Å². The molecule has 0 spiro atoms. The summed E-state index contributed by atoms with van der Waals surface area (Å²) in [4.78, 5) is 16.5. The second kappa shape index (κ2) is 7.84. The quantitative estimate of drug-likeness (QED) is 0.425. The third-order valence-electron chi connectivity index (χ3n) is 2.68. The topological polar surface area (TPSA) is 54.0 Å².